The number of hydrogen-bond donors (Lipinski definition) is 2. The zero-order valence-electron chi connectivity index (χ0n) is 25.1. The summed E-state index contributed by atoms with van der Waals surface area (Å²) in [5.41, 5.74) is 14.0. The number of hydrogen-bond acceptors (Lipinski definition) is 10. The van der Waals surface area contributed by atoms with Crippen molar-refractivity contribution in [2.24, 2.45) is 0 Å². The second kappa shape index (κ2) is 12.6. The van der Waals surface area contributed by atoms with E-state index in [-0.39, 0.29) is 6.61 Å². The molecule has 3 heterocycles. The van der Waals surface area contributed by atoms with Crippen molar-refractivity contribution in [1.82, 2.24) is 19.4 Å². The third-order valence-corrected chi connectivity index (χ3v) is 7.76. The molecule has 1 aliphatic heterocycles. The lowest BCUT2D eigenvalue weighted by Crippen LogP contribution is -2.29. The molecule has 11 nitrogen and oxygen atoms in total. The molecule has 1 aliphatic rings. The second-order valence-electron chi connectivity index (χ2n) is 10.9. The fourth-order valence-electron chi connectivity index (χ4n) is 5.49. The third-order valence-electron chi connectivity index (χ3n) is 7.76. The Morgan fingerprint density at radius 3 is 2.67 bits per heavy atom. The molecular formula is C31H40N8O3. The normalized spacial score (nSPS) is 12.4. The second-order valence-corrected chi connectivity index (χ2v) is 10.9. The van der Waals surface area contributed by atoms with E-state index in [0.717, 1.165) is 60.5 Å². The molecule has 42 heavy (non-hydrogen) atoms. The Labute approximate surface area is 246 Å². The van der Waals surface area contributed by atoms with E-state index in [4.69, 9.17) is 20.2 Å². The summed E-state index contributed by atoms with van der Waals surface area (Å²) >= 11 is 0. The minimum absolute atomic E-state index is 0.261. The minimum atomic E-state index is 0.261. The minimum Gasteiger partial charge on any atom is -0.494 e. The number of benzene rings is 2. The molecule has 5 rings (SSSR count). The number of carbonyl (C=O) groups excluding carboxylic acids is 1. The van der Waals surface area contributed by atoms with Gasteiger partial charge in [0.15, 0.2) is 0 Å². The lowest BCUT2D eigenvalue weighted by molar-refractivity contribution is -0.128. The summed E-state index contributed by atoms with van der Waals surface area (Å²) in [6, 6.07) is 10.3. The Morgan fingerprint density at radius 1 is 1.10 bits per heavy atom. The summed E-state index contributed by atoms with van der Waals surface area (Å²) in [4.78, 5) is 26.7. The van der Waals surface area contributed by atoms with Gasteiger partial charge in [-0.05, 0) is 38.6 Å². The zero-order valence-corrected chi connectivity index (χ0v) is 25.1. The van der Waals surface area contributed by atoms with Crippen molar-refractivity contribution in [3.05, 3.63) is 48.3 Å². The molecule has 4 aromatic rings. The Bertz CT molecular complexity index is 1570. The number of methoxy groups -OCH3 is 1. The van der Waals surface area contributed by atoms with Crippen molar-refractivity contribution in [1.29, 1.82) is 0 Å². The summed E-state index contributed by atoms with van der Waals surface area (Å²) in [7, 11) is 9.70. The van der Waals surface area contributed by atoms with E-state index in [2.05, 4.69) is 49.1 Å². The van der Waals surface area contributed by atoms with Gasteiger partial charge in [0.05, 0.1) is 48.1 Å². The number of aromatic nitrogens is 3. The number of rotatable bonds is 13. The molecule has 0 saturated heterocycles. The van der Waals surface area contributed by atoms with Crippen LogP contribution in [-0.4, -0.2) is 87.4 Å². The molecule has 0 amide bonds. The molecule has 222 valence electrons. The Hall–Kier alpha value is -4.51. The number of nitrogens with zero attached hydrogens (tertiary/aromatic N) is 6. The number of nitrogens with one attached hydrogen (secondary N) is 1. The highest BCUT2D eigenvalue weighted by Gasteiger charge is 2.22. The van der Waals surface area contributed by atoms with E-state index in [1.165, 1.54) is 11.1 Å². The van der Waals surface area contributed by atoms with Gasteiger partial charge in [-0.1, -0.05) is 18.2 Å². The lowest BCUT2D eigenvalue weighted by atomic mass is 10.0. The van der Waals surface area contributed by atoms with Crippen LogP contribution in [0.15, 0.2) is 42.7 Å². The number of likely N-dealkylation sites (N-methyl/N-ethyl adjacent to an activating group) is 3. The molecule has 2 aromatic carbocycles. The highest BCUT2D eigenvalue weighted by molar-refractivity contribution is 6.00. The number of aryl methyl sites for hydroxylation is 2. The number of para-hydroxylation sites is 1. The van der Waals surface area contributed by atoms with E-state index >= 15 is 0 Å². The van der Waals surface area contributed by atoms with Crippen LogP contribution in [0.4, 0.5) is 28.7 Å². The molecule has 3 N–H and O–H groups in total. The van der Waals surface area contributed by atoms with Gasteiger partial charge in [0.1, 0.15) is 18.1 Å². The van der Waals surface area contributed by atoms with E-state index in [0.29, 0.717) is 36.1 Å². The summed E-state index contributed by atoms with van der Waals surface area (Å²) in [5, 5.41) is 4.51. The van der Waals surface area contributed by atoms with E-state index < -0.39 is 0 Å². The number of carbonyl (C=O) groups is 1. The maximum atomic E-state index is 10.7. The molecule has 0 aliphatic carbocycles. The van der Waals surface area contributed by atoms with Crippen LogP contribution in [-0.2, 0) is 22.5 Å². The fourth-order valence-corrected chi connectivity index (χ4v) is 5.49. The fraction of sp³-hybridized carbons (Fsp3) is 0.387. The maximum Gasteiger partial charge on any atom is 0.293 e. The molecular weight excluding hydrogens is 532 g/mol. The first-order chi connectivity index (χ1) is 20.3. The van der Waals surface area contributed by atoms with Crippen molar-refractivity contribution >= 4 is 46.1 Å². The van der Waals surface area contributed by atoms with Gasteiger partial charge >= 0.3 is 0 Å². The van der Waals surface area contributed by atoms with Gasteiger partial charge in [-0.3, -0.25) is 4.79 Å². The Kier molecular flexibility index (Phi) is 8.67. The summed E-state index contributed by atoms with van der Waals surface area (Å²) in [6.07, 6.45) is 6.16. The van der Waals surface area contributed by atoms with Gasteiger partial charge in [0.2, 0.25) is 5.95 Å². The third kappa shape index (κ3) is 5.91. The van der Waals surface area contributed by atoms with Crippen molar-refractivity contribution < 1.29 is 14.3 Å². The maximum absolute atomic E-state index is 10.7. The number of nitrogen functional groups attached to an aromatic ring is 1. The van der Waals surface area contributed by atoms with Crippen molar-refractivity contribution in [3.8, 4) is 17.0 Å². The van der Waals surface area contributed by atoms with Crippen LogP contribution in [0.5, 0.6) is 5.75 Å². The van der Waals surface area contributed by atoms with Crippen molar-refractivity contribution in [3.63, 3.8) is 0 Å². The molecule has 2 aromatic heterocycles. The van der Waals surface area contributed by atoms with Crippen LogP contribution >= 0.6 is 0 Å². The summed E-state index contributed by atoms with van der Waals surface area (Å²) in [5.74, 6) is 1.06. The predicted molar refractivity (Wildman–Crippen MR) is 169 cm³/mol. The number of ether oxygens (including phenoxy) is 2. The molecule has 0 unspecified atom stereocenters. The van der Waals surface area contributed by atoms with Gasteiger partial charge in [-0.15, -0.1) is 0 Å². The van der Waals surface area contributed by atoms with Gasteiger partial charge < -0.3 is 39.8 Å². The van der Waals surface area contributed by atoms with Gasteiger partial charge in [0, 0.05) is 56.9 Å². The highest BCUT2D eigenvalue weighted by atomic mass is 16.5. The SMILES string of the molecule is COc1cc(N(C)CCN(C)C)c(N)cc1Nc1ncc(N(C)CCOC=O)c(-c2cn3c4c(cccc24)CCC3)n1. The van der Waals surface area contributed by atoms with Crippen LogP contribution in [0, 0.1) is 0 Å². The van der Waals surface area contributed by atoms with E-state index in [1.807, 2.05) is 45.2 Å². The molecule has 11 heteroatoms. The van der Waals surface area contributed by atoms with E-state index in [1.54, 1.807) is 13.3 Å². The Balaban J connectivity index is 1.54. The molecule has 0 atom stereocenters. The average Bonchev–Trinajstić information content (AvgIpc) is 3.36. The van der Waals surface area contributed by atoms with Gasteiger partial charge in [0.25, 0.3) is 6.47 Å². The quantitative estimate of drug-likeness (QED) is 0.139. The first-order valence-corrected chi connectivity index (χ1v) is 14.2. The number of nitrogens with two attached hydrogens (primary N) is 1. The van der Waals surface area contributed by atoms with Gasteiger partial charge in [-0.25, -0.2) is 9.97 Å². The van der Waals surface area contributed by atoms with E-state index in [9.17, 15) is 4.79 Å². The van der Waals surface area contributed by atoms with Crippen LogP contribution in [0.3, 0.4) is 0 Å². The van der Waals surface area contributed by atoms with Crippen molar-refractivity contribution in [2.45, 2.75) is 19.4 Å². The molecule has 0 radical (unpaired) electrons. The summed E-state index contributed by atoms with van der Waals surface area (Å²) < 4.78 is 13.0. The van der Waals surface area contributed by atoms with Gasteiger partial charge in [-0.2, -0.15) is 0 Å². The lowest BCUT2D eigenvalue weighted by Gasteiger charge is -2.25. The molecule has 0 fully saturated rings. The van der Waals surface area contributed by atoms with Crippen molar-refractivity contribution in [2.75, 3.05) is 82.4 Å². The average molecular weight is 573 g/mol. The summed E-state index contributed by atoms with van der Waals surface area (Å²) in [6.45, 7) is 3.91. The van der Waals surface area contributed by atoms with Crippen LogP contribution in [0.1, 0.15) is 12.0 Å². The topological polar surface area (TPSA) is 114 Å². The largest absolute Gasteiger partial charge is 0.494 e. The highest BCUT2D eigenvalue weighted by Crippen LogP contribution is 2.40. The van der Waals surface area contributed by atoms with Crippen LogP contribution in [0.25, 0.3) is 22.2 Å². The smallest absolute Gasteiger partial charge is 0.293 e. The van der Waals surface area contributed by atoms with Crippen LogP contribution in [0.2, 0.25) is 0 Å². The first kappa shape index (κ1) is 29.0. The predicted octanol–water partition coefficient (Wildman–Crippen LogP) is 3.99. The first-order valence-electron chi connectivity index (χ1n) is 14.2. The molecule has 0 spiro atoms. The van der Waals surface area contributed by atoms with Crippen LogP contribution < -0.4 is 25.6 Å². The Morgan fingerprint density at radius 2 is 1.90 bits per heavy atom. The monoisotopic (exact) mass is 572 g/mol. The zero-order chi connectivity index (χ0) is 29.8. The molecule has 0 saturated carbocycles. The molecule has 0 bridgehead atoms. The number of anilines is 5. The standard InChI is InChI=1S/C31H40N8O3/c1-36(2)12-13-37(3)26-17-28(41-5)25(16-24(26)32)34-31-33-18-27(38(4)14-15-42-20-40)29(35-31)23-19-39-11-7-9-21-8-6-10-22(23)30(21)39/h6,8,10,16-20H,7,9,11-15,32H2,1-5H3,(H,33,34,35).